The number of aliphatic hydroxyl groups is 1. The van der Waals surface area contributed by atoms with Gasteiger partial charge < -0.3 is 16.2 Å². The summed E-state index contributed by atoms with van der Waals surface area (Å²) in [4.78, 5) is 12.0. The molecule has 1 aliphatic carbocycles. The van der Waals surface area contributed by atoms with Crippen LogP contribution in [-0.4, -0.2) is 41.2 Å². The predicted molar refractivity (Wildman–Crippen MR) is 76.6 cm³/mol. The van der Waals surface area contributed by atoms with Crippen LogP contribution in [0, 0.1) is 5.92 Å². The molecule has 0 aliphatic heterocycles. The molecule has 0 bridgehead atoms. The Bertz CT molecular complexity index is 266. The van der Waals surface area contributed by atoms with E-state index in [0.29, 0.717) is 12.3 Å². The van der Waals surface area contributed by atoms with Gasteiger partial charge in [0.2, 0.25) is 5.91 Å². The largest absolute Gasteiger partial charge is 0.394 e. The third-order valence-corrected chi connectivity index (χ3v) is 4.54. The molecule has 0 aromatic rings. The molecule has 18 heavy (non-hydrogen) atoms. The number of hydrogen-bond acceptors (Lipinski definition) is 4. The number of nitrogens with two attached hydrogens (primary N) is 1. The van der Waals surface area contributed by atoms with Crippen molar-refractivity contribution in [3.05, 3.63) is 0 Å². The minimum atomic E-state index is -0.458. The van der Waals surface area contributed by atoms with E-state index in [1.807, 2.05) is 6.26 Å². The molecule has 4 N–H and O–H groups in total. The Morgan fingerprint density at radius 3 is 2.67 bits per heavy atom. The molecule has 1 saturated carbocycles. The molecule has 0 aromatic carbocycles. The van der Waals surface area contributed by atoms with Crippen molar-refractivity contribution in [2.75, 3.05) is 18.6 Å². The lowest BCUT2D eigenvalue weighted by molar-refractivity contribution is -0.125. The van der Waals surface area contributed by atoms with Crippen LogP contribution in [0.25, 0.3) is 0 Å². The van der Waals surface area contributed by atoms with Gasteiger partial charge >= 0.3 is 0 Å². The van der Waals surface area contributed by atoms with Gasteiger partial charge in [0.15, 0.2) is 0 Å². The van der Waals surface area contributed by atoms with Crippen LogP contribution >= 0.6 is 11.8 Å². The maximum absolute atomic E-state index is 12.0. The molecular formula is C13H26N2O2S. The minimum absolute atomic E-state index is 0.0146. The van der Waals surface area contributed by atoms with Crippen molar-refractivity contribution >= 4 is 17.7 Å². The van der Waals surface area contributed by atoms with Crippen LogP contribution in [0.15, 0.2) is 0 Å². The van der Waals surface area contributed by atoms with Crippen LogP contribution in [-0.2, 0) is 4.79 Å². The van der Waals surface area contributed by atoms with Crippen molar-refractivity contribution in [3.8, 4) is 0 Å². The average molecular weight is 274 g/mol. The van der Waals surface area contributed by atoms with Gasteiger partial charge in [0.05, 0.1) is 18.2 Å². The standard InChI is InChI=1S/C13H26N2O2S/c1-10-3-6-13(9-16,7-4-10)15-12(17)11(14)5-8-18-2/h10-11,16H,3-9,14H2,1-2H3,(H,15,17)/t10?,11-,13?/m0/s1. The molecule has 1 fully saturated rings. The summed E-state index contributed by atoms with van der Waals surface area (Å²) in [5.41, 5.74) is 5.42. The lowest BCUT2D eigenvalue weighted by atomic mass is 9.77. The maximum Gasteiger partial charge on any atom is 0.237 e. The molecule has 1 rings (SSSR count). The van der Waals surface area contributed by atoms with E-state index in [9.17, 15) is 9.90 Å². The van der Waals surface area contributed by atoms with Crippen molar-refractivity contribution in [2.24, 2.45) is 11.7 Å². The number of hydrogen-bond donors (Lipinski definition) is 3. The molecule has 0 spiro atoms. The average Bonchev–Trinajstić information content (AvgIpc) is 2.38. The minimum Gasteiger partial charge on any atom is -0.394 e. The number of carbonyl (C=O) groups is 1. The predicted octanol–water partition coefficient (Wildman–Crippen LogP) is 1.12. The number of amides is 1. The fourth-order valence-corrected chi connectivity index (χ4v) is 2.86. The highest BCUT2D eigenvalue weighted by Crippen LogP contribution is 2.31. The van der Waals surface area contributed by atoms with Crippen molar-refractivity contribution < 1.29 is 9.90 Å². The van der Waals surface area contributed by atoms with E-state index in [1.54, 1.807) is 11.8 Å². The van der Waals surface area contributed by atoms with Gasteiger partial charge in [0, 0.05) is 0 Å². The van der Waals surface area contributed by atoms with Gasteiger partial charge in [-0.25, -0.2) is 0 Å². The van der Waals surface area contributed by atoms with Crippen molar-refractivity contribution in [1.29, 1.82) is 0 Å². The quantitative estimate of drug-likeness (QED) is 0.678. The topological polar surface area (TPSA) is 75.4 Å². The third kappa shape index (κ3) is 4.44. The molecule has 0 radical (unpaired) electrons. The molecule has 1 atom stereocenters. The van der Waals surface area contributed by atoms with E-state index in [4.69, 9.17) is 5.73 Å². The van der Waals surface area contributed by atoms with Crippen LogP contribution in [0.1, 0.15) is 39.0 Å². The molecule has 106 valence electrons. The second-order valence-electron chi connectivity index (χ2n) is 5.50. The number of aliphatic hydroxyl groups excluding tert-OH is 1. The Morgan fingerprint density at radius 2 is 2.17 bits per heavy atom. The summed E-state index contributed by atoms with van der Waals surface area (Å²) in [5, 5.41) is 12.6. The van der Waals surface area contributed by atoms with Crippen LogP contribution in [0.4, 0.5) is 0 Å². The Labute approximate surface area is 114 Å². The Hall–Kier alpha value is -0.260. The van der Waals surface area contributed by atoms with E-state index in [1.165, 1.54) is 0 Å². The summed E-state index contributed by atoms with van der Waals surface area (Å²) in [7, 11) is 0. The van der Waals surface area contributed by atoms with Gasteiger partial charge in [-0.3, -0.25) is 4.79 Å². The highest BCUT2D eigenvalue weighted by atomic mass is 32.2. The van der Waals surface area contributed by atoms with Crippen LogP contribution < -0.4 is 11.1 Å². The van der Waals surface area contributed by atoms with Gasteiger partial charge in [-0.1, -0.05) is 6.92 Å². The SMILES string of the molecule is CSCC[C@H](N)C(=O)NC1(CO)CCC(C)CC1. The lowest BCUT2D eigenvalue weighted by Crippen LogP contribution is -2.57. The molecule has 0 saturated heterocycles. The van der Waals surface area contributed by atoms with Gasteiger partial charge in [-0.2, -0.15) is 11.8 Å². The Balaban J connectivity index is 2.49. The van der Waals surface area contributed by atoms with E-state index >= 15 is 0 Å². The summed E-state index contributed by atoms with van der Waals surface area (Å²) in [6.07, 6.45) is 6.51. The fraction of sp³-hybridized carbons (Fsp3) is 0.923. The monoisotopic (exact) mass is 274 g/mol. The van der Waals surface area contributed by atoms with Gasteiger partial charge in [0.1, 0.15) is 0 Å². The van der Waals surface area contributed by atoms with Crippen LogP contribution in [0.5, 0.6) is 0 Å². The highest BCUT2D eigenvalue weighted by Gasteiger charge is 2.35. The number of carbonyl (C=O) groups excluding carboxylic acids is 1. The molecule has 4 nitrogen and oxygen atoms in total. The molecule has 0 unspecified atom stereocenters. The molecule has 0 heterocycles. The van der Waals surface area contributed by atoms with E-state index in [-0.39, 0.29) is 12.5 Å². The second-order valence-corrected chi connectivity index (χ2v) is 6.48. The number of rotatable bonds is 6. The van der Waals surface area contributed by atoms with Crippen molar-refractivity contribution in [2.45, 2.75) is 50.6 Å². The zero-order valence-corrected chi connectivity index (χ0v) is 12.3. The summed E-state index contributed by atoms with van der Waals surface area (Å²) in [6, 6.07) is -0.458. The van der Waals surface area contributed by atoms with Crippen molar-refractivity contribution in [3.63, 3.8) is 0 Å². The zero-order valence-electron chi connectivity index (χ0n) is 11.4. The molecular weight excluding hydrogens is 248 g/mol. The first kappa shape index (κ1) is 15.8. The summed E-state index contributed by atoms with van der Waals surface area (Å²) in [5.74, 6) is 1.46. The lowest BCUT2D eigenvalue weighted by Gasteiger charge is -2.39. The highest BCUT2D eigenvalue weighted by molar-refractivity contribution is 7.98. The maximum atomic E-state index is 12.0. The van der Waals surface area contributed by atoms with Gasteiger partial charge in [-0.05, 0) is 50.0 Å². The van der Waals surface area contributed by atoms with Gasteiger partial charge in [0.25, 0.3) is 0 Å². The van der Waals surface area contributed by atoms with Crippen molar-refractivity contribution in [1.82, 2.24) is 5.32 Å². The number of thioether (sulfide) groups is 1. The Kier molecular flexibility index (Phi) is 6.46. The van der Waals surface area contributed by atoms with Crippen LogP contribution in [0.2, 0.25) is 0 Å². The Morgan fingerprint density at radius 1 is 1.56 bits per heavy atom. The van der Waals surface area contributed by atoms with E-state index in [2.05, 4.69) is 12.2 Å². The second kappa shape index (κ2) is 7.36. The van der Waals surface area contributed by atoms with E-state index < -0.39 is 11.6 Å². The smallest absolute Gasteiger partial charge is 0.237 e. The first-order chi connectivity index (χ1) is 8.53. The third-order valence-electron chi connectivity index (χ3n) is 3.89. The molecule has 1 amide bonds. The van der Waals surface area contributed by atoms with Crippen LogP contribution in [0.3, 0.4) is 0 Å². The number of nitrogens with one attached hydrogen (secondary N) is 1. The summed E-state index contributed by atoms with van der Waals surface area (Å²) in [6.45, 7) is 2.23. The summed E-state index contributed by atoms with van der Waals surface area (Å²) >= 11 is 1.69. The first-order valence-electron chi connectivity index (χ1n) is 6.70. The van der Waals surface area contributed by atoms with Gasteiger partial charge in [-0.15, -0.1) is 0 Å². The normalized spacial score (nSPS) is 29.9. The first-order valence-corrected chi connectivity index (χ1v) is 8.10. The fourth-order valence-electron chi connectivity index (χ4n) is 2.37. The van der Waals surface area contributed by atoms with E-state index in [0.717, 1.165) is 31.4 Å². The zero-order chi connectivity index (χ0) is 13.6. The molecule has 0 aromatic heterocycles. The molecule has 5 heteroatoms. The molecule has 1 aliphatic rings. The summed E-state index contributed by atoms with van der Waals surface area (Å²) < 4.78 is 0.